The van der Waals surface area contributed by atoms with Crippen molar-refractivity contribution in [2.24, 2.45) is 0 Å². The first-order valence-electron chi connectivity index (χ1n) is 7.03. The van der Waals surface area contributed by atoms with E-state index in [2.05, 4.69) is 10.3 Å². The van der Waals surface area contributed by atoms with E-state index in [1.807, 2.05) is 31.2 Å². The number of benzene rings is 2. The van der Waals surface area contributed by atoms with Crippen LogP contribution in [0.15, 0.2) is 48.5 Å². The zero-order valence-corrected chi connectivity index (χ0v) is 12.4. The fourth-order valence-electron chi connectivity index (χ4n) is 2.33. The lowest BCUT2D eigenvalue weighted by atomic mass is 10.1. The van der Waals surface area contributed by atoms with Crippen LogP contribution >= 0.6 is 0 Å². The molecule has 23 heavy (non-hydrogen) atoms. The first-order chi connectivity index (χ1) is 11.0. The Balaban J connectivity index is 2.05. The van der Waals surface area contributed by atoms with Crippen molar-refractivity contribution in [3.8, 4) is 11.3 Å². The molecular formula is C17H14FN3O2. The van der Waals surface area contributed by atoms with E-state index in [0.29, 0.717) is 12.2 Å². The van der Waals surface area contributed by atoms with Crippen molar-refractivity contribution in [1.82, 2.24) is 15.0 Å². The molecule has 0 aliphatic carbocycles. The normalized spacial score (nSPS) is 10.7. The van der Waals surface area contributed by atoms with Crippen LogP contribution in [-0.2, 0) is 6.54 Å². The summed E-state index contributed by atoms with van der Waals surface area (Å²) in [4.78, 5) is 11.4. The molecule has 1 heterocycles. The van der Waals surface area contributed by atoms with E-state index in [0.717, 1.165) is 16.7 Å². The average molecular weight is 311 g/mol. The summed E-state index contributed by atoms with van der Waals surface area (Å²) in [5.41, 5.74) is 2.93. The van der Waals surface area contributed by atoms with Crippen LogP contribution in [-0.4, -0.2) is 26.1 Å². The number of aromatic carboxylic acids is 1. The lowest BCUT2D eigenvalue weighted by Gasteiger charge is -2.08. The number of aromatic nitrogens is 3. The Hall–Kier alpha value is -3.02. The second kappa shape index (κ2) is 6.00. The predicted molar refractivity (Wildman–Crippen MR) is 82.7 cm³/mol. The average Bonchev–Trinajstić information content (AvgIpc) is 2.94. The van der Waals surface area contributed by atoms with E-state index >= 15 is 0 Å². The Morgan fingerprint density at radius 2 is 1.78 bits per heavy atom. The van der Waals surface area contributed by atoms with Crippen molar-refractivity contribution in [3.63, 3.8) is 0 Å². The summed E-state index contributed by atoms with van der Waals surface area (Å²) in [7, 11) is 0. The maximum absolute atomic E-state index is 13.0. The molecule has 1 aromatic heterocycles. The van der Waals surface area contributed by atoms with Crippen LogP contribution in [0.25, 0.3) is 11.3 Å². The van der Waals surface area contributed by atoms with Crippen LogP contribution in [0.1, 0.15) is 21.6 Å². The standard InChI is InChI=1S/C17H14FN3O2/c1-11-2-6-13(7-3-11)16-15(17(22)23)19-20-21(16)10-12-4-8-14(18)9-5-12/h2-9H,10H2,1H3,(H,22,23). The van der Waals surface area contributed by atoms with Crippen molar-refractivity contribution in [2.45, 2.75) is 13.5 Å². The predicted octanol–water partition coefficient (Wildman–Crippen LogP) is 3.14. The molecule has 0 saturated heterocycles. The van der Waals surface area contributed by atoms with Gasteiger partial charge < -0.3 is 5.11 Å². The summed E-state index contributed by atoms with van der Waals surface area (Å²) in [5, 5.41) is 17.0. The van der Waals surface area contributed by atoms with Gasteiger partial charge >= 0.3 is 5.97 Å². The number of carboxylic acid groups (broad SMARTS) is 1. The molecule has 0 unspecified atom stereocenters. The number of hydrogen-bond acceptors (Lipinski definition) is 3. The highest BCUT2D eigenvalue weighted by molar-refractivity contribution is 5.92. The minimum Gasteiger partial charge on any atom is -0.476 e. The highest BCUT2D eigenvalue weighted by Crippen LogP contribution is 2.23. The SMILES string of the molecule is Cc1ccc(-c2c(C(=O)O)nnn2Cc2ccc(F)cc2)cc1. The van der Waals surface area contributed by atoms with Crippen LogP contribution in [0.4, 0.5) is 4.39 Å². The highest BCUT2D eigenvalue weighted by Gasteiger charge is 2.20. The van der Waals surface area contributed by atoms with Crippen LogP contribution in [0, 0.1) is 12.7 Å². The Morgan fingerprint density at radius 1 is 1.13 bits per heavy atom. The van der Waals surface area contributed by atoms with Gasteiger partial charge in [0.1, 0.15) is 11.5 Å². The number of nitrogens with zero attached hydrogens (tertiary/aromatic N) is 3. The Morgan fingerprint density at radius 3 is 2.39 bits per heavy atom. The quantitative estimate of drug-likeness (QED) is 0.803. The molecule has 6 heteroatoms. The fourth-order valence-corrected chi connectivity index (χ4v) is 2.33. The van der Waals surface area contributed by atoms with E-state index in [9.17, 15) is 14.3 Å². The Labute approximate surface area is 132 Å². The smallest absolute Gasteiger partial charge is 0.358 e. The van der Waals surface area contributed by atoms with E-state index in [4.69, 9.17) is 0 Å². The van der Waals surface area contributed by atoms with Crippen LogP contribution in [0.3, 0.4) is 0 Å². The molecule has 0 atom stereocenters. The summed E-state index contributed by atoms with van der Waals surface area (Å²) in [6.45, 7) is 2.26. The number of halogens is 1. The summed E-state index contributed by atoms with van der Waals surface area (Å²) < 4.78 is 14.5. The molecule has 1 N–H and O–H groups in total. The van der Waals surface area contributed by atoms with E-state index < -0.39 is 5.97 Å². The lowest BCUT2D eigenvalue weighted by Crippen LogP contribution is -2.06. The molecule has 0 aliphatic rings. The van der Waals surface area contributed by atoms with Gasteiger partial charge in [-0.05, 0) is 24.6 Å². The Bertz CT molecular complexity index is 839. The molecule has 5 nitrogen and oxygen atoms in total. The van der Waals surface area contributed by atoms with Crippen molar-refractivity contribution in [3.05, 3.63) is 71.2 Å². The van der Waals surface area contributed by atoms with Gasteiger partial charge in [0.2, 0.25) is 0 Å². The molecule has 0 spiro atoms. The number of carbonyl (C=O) groups is 1. The molecule has 0 saturated carbocycles. The number of hydrogen-bond donors (Lipinski definition) is 1. The van der Waals surface area contributed by atoms with Gasteiger partial charge in [-0.3, -0.25) is 0 Å². The molecule has 0 bridgehead atoms. The first-order valence-corrected chi connectivity index (χ1v) is 7.03. The molecule has 3 aromatic rings. The lowest BCUT2D eigenvalue weighted by molar-refractivity contribution is 0.0691. The number of carboxylic acids is 1. The van der Waals surface area contributed by atoms with Gasteiger partial charge in [0.05, 0.1) is 6.54 Å². The second-order valence-electron chi connectivity index (χ2n) is 5.24. The molecule has 0 fully saturated rings. The molecule has 0 radical (unpaired) electrons. The third kappa shape index (κ3) is 3.11. The number of rotatable bonds is 4. The summed E-state index contributed by atoms with van der Waals surface area (Å²) >= 11 is 0. The van der Waals surface area contributed by atoms with Gasteiger partial charge in [-0.1, -0.05) is 47.2 Å². The zero-order valence-electron chi connectivity index (χ0n) is 12.4. The van der Waals surface area contributed by atoms with Gasteiger partial charge in [-0.15, -0.1) is 5.10 Å². The molecule has 3 rings (SSSR count). The third-order valence-electron chi connectivity index (χ3n) is 3.51. The first kappa shape index (κ1) is 14.9. The molecule has 0 aliphatic heterocycles. The monoisotopic (exact) mass is 311 g/mol. The summed E-state index contributed by atoms with van der Waals surface area (Å²) in [5.74, 6) is -1.46. The summed E-state index contributed by atoms with van der Waals surface area (Å²) in [6.07, 6.45) is 0. The van der Waals surface area contributed by atoms with Gasteiger partial charge in [0.25, 0.3) is 0 Å². The maximum atomic E-state index is 13.0. The van der Waals surface area contributed by atoms with E-state index in [1.165, 1.54) is 16.8 Å². The van der Waals surface area contributed by atoms with Crippen molar-refractivity contribution >= 4 is 5.97 Å². The van der Waals surface area contributed by atoms with Gasteiger partial charge in [0, 0.05) is 5.56 Å². The van der Waals surface area contributed by atoms with Gasteiger partial charge in [-0.2, -0.15) is 0 Å². The molecule has 116 valence electrons. The third-order valence-corrected chi connectivity index (χ3v) is 3.51. The van der Waals surface area contributed by atoms with Gasteiger partial charge in [0.15, 0.2) is 5.69 Å². The molecule has 0 amide bonds. The Kier molecular flexibility index (Phi) is 3.89. The van der Waals surface area contributed by atoms with Crippen molar-refractivity contribution in [2.75, 3.05) is 0 Å². The number of aryl methyl sites for hydroxylation is 1. The zero-order chi connectivity index (χ0) is 16.4. The molecular weight excluding hydrogens is 297 g/mol. The van der Waals surface area contributed by atoms with Crippen LogP contribution in [0.5, 0.6) is 0 Å². The van der Waals surface area contributed by atoms with Crippen molar-refractivity contribution < 1.29 is 14.3 Å². The van der Waals surface area contributed by atoms with Gasteiger partial charge in [-0.25, -0.2) is 13.9 Å². The van der Waals surface area contributed by atoms with E-state index in [-0.39, 0.29) is 11.5 Å². The maximum Gasteiger partial charge on any atom is 0.358 e. The minimum absolute atomic E-state index is 0.101. The largest absolute Gasteiger partial charge is 0.476 e. The van der Waals surface area contributed by atoms with Crippen LogP contribution < -0.4 is 0 Å². The molecule has 2 aromatic carbocycles. The van der Waals surface area contributed by atoms with Crippen LogP contribution in [0.2, 0.25) is 0 Å². The second-order valence-corrected chi connectivity index (χ2v) is 5.24. The highest BCUT2D eigenvalue weighted by atomic mass is 19.1. The minimum atomic E-state index is -1.13. The van der Waals surface area contributed by atoms with E-state index in [1.54, 1.807) is 12.1 Å². The van der Waals surface area contributed by atoms with Crippen molar-refractivity contribution in [1.29, 1.82) is 0 Å². The fraction of sp³-hybridized carbons (Fsp3) is 0.118. The topological polar surface area (TPSA) is 68.0 Å². The summed E-state index contributed by atoms with van der Waals surface area (Å²) in [6, 6.07) is 13.5.